The summed E-state index contributed by atoms with van der Waals surface area (Å²) in [5, 5.41) is 3.28. The second-order valence-corrected chi connectivity index (χ2v) is 6.07. The van der Waals surface area contributed by atoms with Gasteiger partial charge in [0.1, 0.15) is 5.54 Å². The highest BCUT2D eigenvalue weighted by Crippen LogP contribution is 2.16. The van der Waals surface area contributed by atoms with E-state index >= 15 is 0 Å². The zero-order chi connectivity index (χ0) is 14.8. The molecule has 0 aromatic rings. The fourth-order valence-electron chi connectivity index (χ4n) is 3.07. The Morgan fingerprint density at radius 3 is 2.35 bits per heavy atom. The number of likely N-dealkylation sites (N-methyl/N-ethyl adjacent to an activating group) is 1. The molecule has 1 rings (SSSR count). The SMILES string of the molecule is CCNC(C)(CCCN1CCCCCCC1)C(=O)OC. The third-order valence-electron chi connectivity index (χ3n) is 4.30. The predicted molar refractivity (Wildman–Crippen MR) is 82.9 cm³/mol. The summed E-state index contributed by atoms with van der Waals surface area (Å²) in [5.41, 5.74) is -0.535. The molecule has 0 radical (unpaired) electrons. The van der Waals surface area contributed by atoms with Crippen molar-refractivity contribution in [3.8, 4) is 0 Å². The molecule has 0 aromatic carbocycles. The number of carbonyl (C=O) groups excluding carboxylic acids is 1. The van der Waals surface area contributed by atoms with E-state index < -0.39 is 5.54 Å². The summed E-state index contributed by atoms with van der Waals surface area (Å²) in [5.74, 6) is -0.146. The number of likely N-dealkylation sites (tertiary alicyclic amines) is 1. The van der Waals surface area contributed by atoms with E-state index in [-0.39, 0.29) is 5.97 Å². The van der Waals surface area contributed by atoms with E-state index in [0.29, 0.717) is 0 Å². The number of rotatable bonds is 7. The summed E-state index contributed by atoms with van der Waals surface area (Å²) in [6.07, 6.45) is 8.65. The maximum Gasteiger partial charge on any atom is 0.325 e. The van der Waals surface area contributed by atoms with Crippen molar-refractivity contribution >= 4 is 5.97 Å². The number of hydrogen-bond donors (Lipinski definition) is 1. The lowest BCUT2D eigenvalue weighted by atomic mass is 9.95. The van der Waals surface area contributed by atoms with Gasteiger partial charge in [-0.1, -0.05) is 26.2 Å². The van der Waals surface area contributed by atoms with Crippen molar-refractivity contribution in [2.24, 2.45) is 0 Å². The Bertz CT molecular complexity index is 276. The molecule has 1 heterocycles. The average Bonchev–Trinajstić information content (AvgIpc) is 2.40. The topological polar surface area (TPSA) is 41.6 Å². The minimum Gasteiger partial charge on any atom is -0.468 e. The number of esters is 1. The van der Waals surface area contributed by atoms with Crippen molar-refractivity contribution in [2.45, 2.75) is 64.3 Å². The van der Waals surface area contributed by atoms with Crippen molar-refractivity contribution in [3.05, 3.63) is 0 Å². The lowest BCUT2D eigenvalue weighted by molar-refractivity contribution is -0.148. The van der Waals surface area contributed by atoms with E-state index in [1.54, 1.807) is 0 Å². The van der Waals surface area contributed by atoms with Gasteiger partial charge in [-0.05, 0) is 58.8 Å². The third kappa shape index (κ3) is 5.80. The first-order valence-corrected chi connectivity index (χ1v) is 8.18. The van der Waals surface area contributed by atoms with Gasteiger partial charge in [-0.15, -0.1) is 0 Å². The van der Waals surface area contributed by atoms with Gasteiger partial charge in [-0.25, -0.2) is 0 Å². The third-order valence-corrected chi connectivity index (χ3v) is 4.30. The lowest BCUT2D eigenvalue weighted by Gasteiger charge is -2.29. The van der Waals surface area contributed by atoms with Gasteiger partial charge in [0.25, 0.3) is 0 Å². The van der Waals surface area contributed by atoms with Gasteiger partial charge >= 0.3 is 5.97 Å². The summed E-state index contributed by atoms with van der Waals surface area (Å²) in [6, 6.07) is 0. The fourth-order valence-corrected chi connectivity index (χ4v) is 3.07. The van der Waals surface area contributed by atoms with Crippen molar-refractivity contribution in [1.82, 2.24) is 10.2 Å². The first-order valence-electron chi connectivity index (χ1n) is 8.18. The van der Waals surface area contributed by atoms with E-state index in [2.05, 4.69) is 10.2 Å². The quantitative estimate of drug-likeness (QED) is 0.730. The van der Waals surface area contributed by atoms with Gasteiger partial charge in [0.2, 0.25) is 0 Å². The largest absolute Gasteiger partial charge is 0.468 e. The summed E-state index contributed by atoms with van der Waals surface area (Å²) < 4.78 is 4.93. The van der Waals surface area contributed by atoms with Crippen LogP contribution < -0.4 is 5.32 Å². The standard InChI is InChI=1S/C16H32N2O2/c1-4-17-16(2,15(19)20-3)11-10-14-18-12-8-6-5-7-9-13-18/h17H,4-14H2,1-3H3. The minimum absolute atomic E-state index is 0.146. The number of carbonyl (C=O) groups is 1. The Kier molecular flexibility index (Phi) is 8.15. The molecule has 0 bridgehead atoms. The second-order valence-electron chi connectivity index (χ2n) is 6.07. The molecular formula is C16H32N2O2. The molecule has 1 fully saturated rings. The van der Waals surface area contributed by atoms with Crippen LogP contribution in [0.25, 0.3) is 0 Å². The van der Waals surface area contributed by atoms with Crippen LogP contribution in [0, 0.1) is 0 Å². The molecule has 0 aliphatic carbocycles. The van der Waals surface area contributed by atoms with Crippen LogP contribution in [0.15, 0.2) is 0 Å². The maximum atomic E-state index is 11.9. The van der Waals surface area contributed by atoms with Gasteiger partial charge in [0.15, 0.2) is 0 Å². The second kappa shape index (κ2) is 9.35. The highest BCUT2D eigenvalue weighted by atomic mass is 16.5. The van der Waals surface area contributed by atoms with Crippen LogP contribution in [0.3, 0.4) is 0 Å². The first kappa shape index (κ1) is 17.4. The van der Waals surface area contributed by atoms with E-state index in [0.717, 1.165) is 25.9 Å². The van der Waals surface area contributed by atoms with Crippen LogP contribution in [-0.4, -0.2) is 49.7 Å². The molecule has 0 saturated carbocycles. The predicted octanol–water partition coefficient (Wildman–Crippen LogP) is 2.57. The summed E-state index contributed by atoms with van der Waals surface area (Å²) in [6.45, 7) is 8.30. The highest BCUT2D eigenvalue weighted by molar-refractivity contribution is 5.80. The fraction of sp³-hybridized carbons (Fsp3) is 0.938. The van der Waals surface area contributed by atoms with Crippen LogP contribution in [-0.2, 0) is 9.53 Å². The van der Waals surface area contributed by atoms with E-state index in [4.69, 9.17) is 4.74 Å². The number of methoxy groups -OCH3 is 1. The Morgan fingerprint density at radius 1 is 1.20 bits per heavy atom. The zero-order valence-corrected chi connectivity index (χ0v) is 13.5. The summed E-state index contributed by atoms with van der Waals surface area (Å²) >= 11 is 0. The van der Waals surface area contributed by atoms with E-state index in [9.17, 15) is 4.79 Å². The van der Waals surface area contributed by atoms with Crippen LogP contribution in [0.2, 0.25) is 0 Å². The van der Waals surface area contributed by atoms with Gasteiger partial charge in [0.05, 0.1) is 7.11 Å². The Morgan fingerprint density at radius 2 is 1.80 bits per heavy atom. The number of nitrogens with one attached hydrogen (secondary N) is 1. The molecule has 118 valence electrons. The molecule has 1 atom stereocenters. The van der Waals surface area contributed by atoms with Crippen LogP contribution in [0.4, 0.5) is 0 Å². The van der Waals surface area contributed by atoms with E-state index in [1.807, 2.05) is 13.8 Å². The Hall–Kier alpha value is -0.610. The summed E-state index contributed by atoms with van der Waals surface area (Å²) in [7, 11) is 1.47. The van der Waals surface area contributed by atoms with Crippen LogP contribution in [0.1, 0.15) is 58.8 Å². The van der Waals surface area contributed by atoms with Crippen molar-refractivity contribution in [2.75, 3.05) is 33.3 Å². The molecule has 0 amide bonds. The van der Waals surface area contributed by atoms with Crippen LogP contribution >= 0.6 is 0 Å². The van der Waals surface area contributed by atoms with Crippen LogP contribution in [0.5, 0.6) is 0 Å². The number of nitrogens with zero attached hydrogens (tertiary/aromatic N) is 1. The average molecular weight is 284 g/mol. The van der Waals surface area contributed by atoms with Crippen molar-refractivity contribution in [3.63, 3.8) is 0 Å². The molecular weight excluding hydrogens is 252 g/mol. The molecule has 20 heavy (non-hydrogen) atoms. The normalized spacial score (nSPS) is 20.8. The molecule has 1 saturated heterocycles. The smallest absolute Gasteiger partial charge is 0.325 e. The van der Waals surface area contributed by atoms with Gasteiger partial charge in [-0.2, -0.15) is 0 Å². The number of hydrogen-bond acceptors (Lipinski definition) is 4. The molecule has 1 aliphatic rings. The molecule has 0 aromatic heterocycles. The van der Waals surface area contributed by atoms with Crippen molar-refractivity contribution < 1.29 is 9.53 Å². The molecule has 4 nitrogen and oxygen atoms in total. The molecule has 4 heteroatoms. The highest BCUT2D eigenvalue weighted by Gasteiger charge is 2.32. The van der Waals surface area contributed by atoms with Gasteiger partial charge in [-0.3, -0.25) is 4.79 Å². The molecule has 0 spiro atoms. The Labute approximate surface area is 124 Å². The molecule has 1 aliphatic heterocycles. The maximum absolute atomic E-state index is 11.9. The minimum atomic E-state index is -0.535. The Balaban J connectivity index is 2.36. The van der Waals surface area contributed by atoms with Gasteiger partial charge < -0.3 is 15.0 Å². The number of ether oxygens (including phenoxy) is 1. The first-order chi connectivity index (χ1) is 9.62. The van der Waals surface area contributed by atoms with Gasteiger partial charge in [0, 0.05) is 0 Å². The summed E-state index contributed by atoms with van der Waals surface area (Å²) in [4.78, 5) is 14.5. The zero-order valence-electron chi connectivity index (χ0n) is 13.5. The molecule has 1 unspecified atom stereocenters. The van der Waals surface area contributed by atoms with Crippen molar-refractivity contribution in [1.29, 1.82) is 0 Å². The molecule has 1 N–H and O–H groups in total. The lowest BCUT2D eigenvalue weighted by Crippen LogP contribution is -2.50. The monoisotopic (exact) mass is 284 g/mol. The van der Waals surface area contributed by atoms with E-state index in [1.165, 1.54) is 52.3 Å².